The Morgan fingerprint density at radius 2 is 1.89 bits per heavy atom. The molecule has 1 aliphatic heterocycles. The molecule has 3 N–H and O–H groups in total. The lowest BCUT2D eigenvalue weighted by Gasteiger charge is -2.15. The van der Waals surface area contributed by atoms with Gasteiger partial charge in [0.15, 0.2) is 5.96 Å². The van der Waals surface area contributed by atoms with Crippen LogP contribution in [-0.2, 0) is 23.0 Å². The Kier molecular flexibility index (Phi) is 5.98. The van der Waals surface area contributed by atoms with Crippen molar-refractivity contribution in [2.24, 2.45) is 4.99 Å². The highest BCUT2D eigenvalue weighted by Gasteiger charge is 2.22. The fourth-order valence-corrected chi connectivity index (χ4v) is 3.62. The molecule has 1 heterocycles. The first-order valence-corrected chi connectivity index (χ1v) is 10.2. The lowest BCUT2D eigenvalue weighted by Crippen LogP contribution is -2.41. The Hall–Kier alpha value is -2.58. The third-order valence-electron chi connectivity index (χ3n) is 4.40. The van der Waals surface area contributed by atoms with E-state index < -0.39 is 10.0 Å². The molecule has 0 aliphatic carbocycles. The van der Waals surface area contributed by atoms with Gasteiger partial charge in [-0.15, -0.1) is 0 Å². The van der Waals surface area contributed by atoms with Crippen LogP contribution >= 0.6 is 0 Å². The zero-order valence-corrected chi connectivity index (χ0v) is 16.2. The van der Waals surface area contributed by atoms with Crippen LogP contribution in [0.3, 0.4) is 0 Å². The zero-order chi connectivity index (χ0) is 19.3. The molecule has 2 aromatic carbocycles. The smallest absolute Gasteiger partial charge is 0.240 e. The van der Waals surface area contributed by atoms with Crippen LogP contribution < -0.4 is 20.1 Å². The Morgan fingerprint density at radius 1 is 1.15 bits per heavy atom. The highest BCUT2D eigenvalue weighted by molar-refractivity contribution is 7.89. The van der Waals surface area contributed by atoms with Gasteiger partial charge in [0, 0.05) is 20.0 Å². The average Bonchev–Trinajstić information content (AvgIpc) is 3.11. The summed E-state index contributed by atoms with van der Waals surface area (Å²) in [5.41, 5.74) is 2.18. The molecule has 0 bridgehead atoms. The molecule has 27 heavy (non-hydrogen) atoms. The minimum Gasteiger partial charge on any atom is -0.488 e. The van der Waals surface area contributed by atoms with E-state index in [1.807, 2.05) is 18.2 Å². The second-order valence-corrected chi connectivity index (χ2v) is 8.10. The summed E-state index contributed by atoms with van der Waals surface area (Å²) in [5, 5.41) is 6.49. The fraction of sp³-hybridized carbons (Fsp3) is 0.316. The summed E-state index contributed by atoms with van der Waals surface area (Å²) in [6, 6.07) is 14.8. The monoisotopic (exact) mass is 388 g/mol. The van der Waals surface area contributed by atoms with Crippen molar-refractivity contribution in [3.8, 4) is 5.75 Å². The zero-order valence-electron chi connectivity index (χ0n) is 15.4. The molecule has 144 valence electrons. The van der Waals surface area contributed by atoms with E-state index in [1.165, 1.54) is 12.6 Å². The Balaban J connectivity index is 1.49. The largest absolute Gasteiger partial charge is 0.488 e. The highest BCUT2D eigenvalue weighted by Crippen LogP contribution is 2.27. The fourth-order valence-electron chi connectivity index (χ4n) is 2.89. The average molecular weight is 388 g/mol. The van der Waals surface area contributed by atoms with Crippen LogP contribution in [-0.4, -0.2) is 41.1 Å². The molecule has 3 rings (SSSR count). The van der Waals surface area contributed by atoms with E-state index in [4.69, 9.17) is 4.74 Å². The van der Waals surface area contributed by atoms with Crippen LogP contribution in [0, 0.1) is 0 Å². The van der Waals surface area contributed by atoms with Crippen LogP contribution in [0.15, 0.2) is 58.4 Å². The maximum Gasteiger partial charge on any atom is 0.240 e. The molecule has 0 spiro atoms. The quantitative estimate of drug-likeness (QED) is 0.512. The van der Waals surface area contributed by atoms with Crippen molar-refractivity contribution < 1.29 is 13.2 Å². The molecule has 1 aliphatic rings. The molecule has 1 unspecified atom stereocenters. The molecule has 7 nitrogen and oxygen atoms in total. The maximum atomic E-state index is 11.7. The molecule has 0 fully saturated rings. The molecule has 8 heteroatoms. The second-order valence-electron chi connectivity index (χ2n) is 6.21. The van der Waals surface area contributed by atoms with E-state index in [0.29, 0.717) is 19.0 Å². The molecule has 0 saturated carbocycles. The number of ether oxygens (including phenoxy) is 1. The third-order valence-corrected chi connectivity index (χ3v) is 5.83. The molecular formula is C19H24N4O3S. The number of sulfonamides is 1. The molecule has 0 amide bonds. The van der Waals surface area contributed by atoms with Gasteiger partial charge in [-0.05, 0) is 36.4 Å². The van der Waals surface area contributed by atoms with E-state index >= 15 is 0 Å². The van der Waals surface area contributed by atoms with Crippen molar-refractivity contribution in [1.82, 2.24) is 15.4 Å². The summed E-state index contributed by atoms with van der Waals surface area (Å²) in [4.78, 5) is 4.46. The highest BCUT2D eigenvalue weighted by atomic mass is 32.2. The molecular weight excluding hydrogens is 364 g/mol. The number of rotatable bonds is 6. The van der Waals surface area contributed by atoms with Crippen molar-refractivity contribution in [2.75, 3.05) is 20.6 Å². The first kappa shape index (κ1) is 19.2. The Labute approximate surface area is 159 Å². The van der Waals surface area contributed by atoms with Crippen LogP contribution in [0.4, 0.5) is 0 Å². The Bertz CT molecular complexity index is 886. The number of nitrogens with zero attached hydrogens (tertiary/aromatic N) is 1. The lowest BCUT2D eigenvalue weighted by atomic mass is 10.1. The summed E-state index contributed by atoms with van der Waals surface area (Å²) >= 11 is 0. The van der Waals surface area contributed by atoms with Gasteiger partial charge < -0.3 is 15.4 Å². The van der Waals surface area contributed by atoms with Gasteiger partial charge in [0.2, 0.25) is 10.0 Å². The summed E-state index contributed by atoms with van der Waals surface area (Å²) in [5.74, 6) is 1.62. The summed E-state index contributed by atoms with van der Waals surface area (Å²) < 4.78 is 31.7. The number of aliphatic imine (C=N–C) groups is 1. The minimum atomic E-state index is -3.41. The molecule has 0 saturated heterocycles. The normalized spacial score (nSPS) is 16.5. The van der Waals surface area contributed by atoms with Crippen molar-refractivity contribution in [2.45, 2.75) is 24.0 Å². The van der Waals surface area contributed by atoms with Gasteiger partial charge in [0.05, 0.1) is 11.4 Å². The van der Waals surface area contributed by atoms with Crippen molar-refractivity contribution in [1.29, 1.82) is 0 Å². The predicted molar refractivity (Wildman–Crippen MR) is 105 cm³/mol. The number of hydrogen-bond acceptors (Lipinski definition) is 4. The van der Waals surface area contributed by atoms with E-state index in [0.717, 1.165) is 17.7 Å². The number of nitrogens with one attached hydrogen (secondary N) is 3. The van der Waals surface area contributed by atoms with Crippen LogP contribution in [0.25, 0.3) is 0 Å². The van der Waals surface area contributed by atoms with E-state index in [-0.39, 0.29) is 11.0 Å². The summed E-state index contributed by atoms with van der Waals surface area (Å²) in [6.45, 7) is 1.18. The van der Waals surface area contributed by atoms with Gasteiger partial charge in [-0.25, -0.2) is 13.1 Å². The number of hydrogen-bond donors (Lipinski definition) is 3. The van der Waals surface area contributed by atoms with Crippen LogP contribution in [0.1, 0.15) is 11.1 Å². The second kappa shape index (κ2) is 8.41. The molecule has 1 atom stereocenters. The number of fused-ring (bicyclic) bond motifs is 1. The number of benzene rings is 2. The summed E-state index contributed by atoms with van der Waals surface area (Å²) in [6.07, 6.45) is 0.952. The van der Waals surface area contributed by atoms with Crippen molar-refractivity contribution in [3.05, 3.63) is 59.7 Å². The van der Waals surface area contributed by atoms with E-state index in [2.05, 4.69) is 26.4 Å². The molecule has 0 aromatic heterocycles. The van der Waals surface area contributed by atoms with Gasteiger partial charge >= 0.3 is 0 Å². The summed E-state index contributed by atoms with van der Waals surface area (Å²) in [7, 11) is -0.306. The maximum absolute atomic E-state index is 11.7. The topological polar surface area (TPSA) is 91.8 Å². The van der Waals surface area contributed by atoms with Gasteiger partial charge in [0.1, 0.15) is 11.9 Å². The third kappa shape index (κ3) is 4.78. The minimum absolute atomic E-state index is 0.0759. The SMILES string of the molecule is CN=C(NCc1ccc(S(=O)(=O)NC)cc1)NCC1Cc2ccccc2O1. The number of para-hydroxylation sites is 1. The van der Waals surface area contributed by atoms with Crippen LogP contribution in [0.2, 0.25) is 0 Å². The molecule has 2 aromatic rings. The lowest BCUT2D eigenvalue weighted by molar-refractivity contribution is 0.235. The standard InChI is InChI=1S/C19H24N4O3S/c1-20-19(23-13-16-11-15-5-3-4-6-18(15)26-16)22-12-14-7-9-17(10-8-14)27(24,25)21-2/h3-10,16,21H,11-13H2,1-2H3,(H2,20,22,23). The van der Waals surface area contributed by atoms with Crippen molar-refractivity contribution >= 4 is 16.0 Å². The van der Waals surface area contributed by atoms with E-state index in [1.54, 1.807) is 31.3 Å². The predicted octanol–water partition coefficient (Wildman–Crippen LogP) is 1.26. The Morgan fingerprint density at radius 3 is 2.56 bits per heavy atom. The first-order valence-electron chi connectivity index (χ1n) is 8.73. The van der Waals surface area contributed by atoms with Crippen molar-refractivity contribution in [3.63, 3.8) is 0 Å². The van der Waals surface area contributed by atoms with Gasteiger partial charge in [-0.3, -0.25) is 4.99 Å². The van der Waals surface area contributed by atoms with Crippen LogP contribution in [0.5, 0.6) is 5.75 Å². The first-order chi connectivity index (χ1) is 13.0. The molecule has 0 radical (unpaired) electrons. The van der Waals surface area contributed by atoms with Gasteiger partial charge in [-0.2, -0.15) is 0 Å². The van der Waals surface area contributed by atoms with E-state index in [9.17, 15) is 8.42 Å². The van der Waals surface area contributed by atoms with Gasteiger partial charge in [-0.1, -0.05) is 30.3 Å². The number of guanidine groups is 1. The van der Waals surface area contributed by atoms with Gasteiger partial charge in [0.25, 0.3) is 0 Å².